The first-order valence-corrected chi connectivity index (χ1v) is 15.9. The molecule has 0 fully saturated rings. The van der Waals surface area contributed by atoms with Gasteiger partial charge >= 0.3 is 0 Å². The lowest BCUT2D eigenvalue weighted by molar-refractivity contribution is -0.685. The Morgan fingerprint density at radius 1 is 1.16 bits per heavy atom. The summed E-state index contributed by atoms with van der Waals surface area (Å²) in [7, 11) is -1.38. The number of halogens is 2. The first-order chi connectivity index (χ1) is 17.2. The van der Waals surface area contributed by atoms with Crippen LogP contribution >= 0.6 is 46.0 Å². The molecule has 3 heterocycles. The number of nitrogens with zero attached hydrogens (tertiary/aromatic N) is 3. The quantitative estimate of drug-likeness (QED) is 0.308. The van der Waals surface area contributed by atoms with E-state index in [0.29, 0.717) is 27.5 Å². The van der Waals surface area contributed by atoms with Crippen molar-refractivity contribution in [2.75, 3.05) is 18.2 Å². The lowest BCUT2D eigenvalue weighted by Crippen LogP contribution is -3.00. The number of hydrogen-bond acceptors (Lipinski definition) is 7. The van der Waals surface area contributed by atoms with Gasteiger partial charge in [-0.3, -0.25) is 9.36 Å². The Kier molecular flexibility index (Phi) is 8.27. The van der Waals surface area contributed by atoms with Crippen LogP contribution in [0, 0.1) is 0 Å². The van der Waals surface area contributed by atoms with Gasteiger partial charge in [0.25, 0.3) is 10.6 Å². The smallest absolute Gasteiger partial charge is 0.271 e. The van der Waals surface area contributed by atoms with Crippen LogP contribution in [0.1, 0.15) is 17.5 Å². The van der Waals surface area contributed by atoms with Crippen molar-refractivity contribution >= 4 is 72.7 Å². The molecule has 6 nitrogen and oxygen atoms in total. The third-order valence-corrected chi connectivity index (χ3v) is 10.6. The first-order valence-electron chi connectivity index (χ1n) is 11.1. The Hall–Kier alpha value is -2.08. The zero-order valence-electron chi connectivity index (χ0n) is 20.1. The van der Waals surface area contributed by atoms with Gasteiger partial charge < -0.3 is 17.3 Å². The number of thiazole rings is 2. The van der Waals surface area contributed by atoms with Crippen LogP contribution in [0.15, 0.2) is 68.6 Å². The largest absolute Gasteiger partial charge is 1.00 e. The first kappa shape index (κ1) is 27.9. The minimum Gasteiger partial charge on any atom is -1.00 e. The molecule has 0 saturated heterocycles. The van der Waals surface area contributed by atoms with E-state index in [2.05, 4.69) is 0 Å². The van der Waals surface area contributed by atoms with Crippen LogP contribution in [0.4, 0.5) is 5.69 Å². The molecular formula is C25H23Cl2N3O3S4. The number of anilines is 1. The molecule has 12 heteroatoms. The molecule has 0 atom stereocenters. The normalized spacial score (nSPS) is 15.1. The lowest BCUT2D eigenvalue weighted by atomic mass is 10.2. The fourth-order valence-corrected chi connectivity index (χ4v) is 8.67. The van der Waals surface area contributed by atoms with Crippen molar-refractivity contribution in [3.8, 4) is 0 Å². The molecule has 0 spiro atoms. The molecular weight excluding hydrogens is 589 g/mol. The molecule has 2 aromatic heterocycles. The highest BCUT2D eigenvalue weighted by Crippen LogP contribution is 2.46. The van der Waals surface area contributed by atoms with Gasteiger partial charge in [0.2, 0.25) is 0 Å². The number of thioether (sulfide) groups is 1. The lowest BCUT2D eigenvalue weighted by Gasteiger charge is -2.12. The molecule has 0 radical (unpaired) electrons. The SMILES string of the molecule is CCn1c(=O)/c(=C2\Sc3cc(Cl)ccc3N2C)s/c1=C\c1scc[n+]1Cc1ccccc1S(C)(=O)=O.[Cl-]. The average Bonchev–Trinajstić information content (AvgIpc) is 3.49. The van der Waals surface area contributed by atoms with Crippen molar-refractivity contribution in [1.29, 1.82) is 0 Å². The average molecular weight is 613 g/mol. The van der Waals surface area contributed by atoms with E-state index in [-0.39, 0.29) is 18.0 Å². The number of sulfone groups is 1. The maximum atomic E-state index is 13.4. The summed E-state index contributed by atoms with van der Waals surface area (Å²) in [6, 6.07) is 12.8. The summed E-state index contributed by atoms with van der Waals surface area (Å²) in [5, 5.41) is 4.46. The molecule has 1 aliphatic heterocycles. The molecule has 37 heavy (non-hydrogen) atoms. The van der Waals surface area contributed by atoms with Crippen LogP contribution in [0.25, 0.3) is 11.1 Å². The van der Waals surface area contributed by atoms with Crippen molar-refractivity contribution in [2.45, 2.75) is 29.8 Å². The fourth-order valence-electron chi connectivity index (χ4n) is 4.14. The van der Waals surface area contributed by atoms with Gasteiger partial charge in [0.15, 0.2) is 22.6 Å². The number of fused-ring (bicyclic) bond motifs is 1. The maximum Gasteiger partial charge on any atom is 0.271 e. The number of rotatable bonds is 5. The van der Waals surface area contributed by atoms with Gasteiger partial charge in [-0.1, -0.05) is 52.9 Å². The number of benzene rings is 2. The third-order valence-electron chi connectivity index (χ3n) is 5.89. The van der Waals surface area contributed by atoms with E-state index in [1.807, 2.05) is 71.4 Å². The molecule has 0 bridgehead atoms. The van der Waals surface area contributed by atoms with Gasteiger partial charge in [-0.05, 0) is 31.2 Å². The standard InChI is InChI=1S/C25H23ClN3O3S4.ClH/c1-4-29-22(35-23(24(29)30)25-27(2)18-10-9-17(26)13-19(18)34-25)14-21-28(11-12-33-21)15-16-7-5-6-8-20(16)36(3,31)32;/h5-14H,4,15H2,1-3H3;1H/q+1;/p-1/b25-23+;. The Morgan fingerprint density at radius 3 is 2.65 bits per heavy atom. The molecule has 2 aromatic carbocycles. The summed E-state index contributed by atoms with van der Waals surface area (Å²) >= 11 is 10.8. The maximum absolute atomic E-state index is 13.4. The van der Waals surface area contributed by atoms with Crippen LogP contribution in [0.5, 0.6) is 0 Å². The van der Waals surface area contributed by atoms with Crippen LogP contribution in [-0.4, -0.2) is 26.3 Å². The van der Waals surface area contributed by atoms with E-state index in [0.717, 1.165) is 30.8 Å². The van der Waals surface area contributed by atoms with Crippen molar-refractivity contribution in [3.63, 3.8) is 0 Å². The monoisotopic (exact) mass is 611 g/mol. The van der Waals surface area contributed by atoms with Crippen molar-refractivity contribution in [2.24, 2.45) is 0 Å². The molecule has 1 aliphatic rings. The Labute approximate surface area is 238 Å². The molecule has 0 unspecified atom stereocenters. The summed E-state index contributed by atoms with van der Waals surface area (Å²) in [5.41, 5.74) is 1.74. The van der Waals surface area contributed by atoms with E-state index < -0.39 is 9.84 Å². The molecule has 0 amide bonds. The van der Waals surface area contributed by atoms with E-state index in [1.54, 1.807) is 39.8 Å². The Morgan fingerprint density at radius 2 is 1.92 bits per heavy atom. The highest BCUT2D eigenvalue weighted by molar-refractivity contribution is 8.08. The summed E-state index contributed by atoms with van der Waals surface area (Å²) in [6.45, 7) is 2.92. The van der Waals surface area contributed by atoms with Crippen LogP contribution in [0.2, 0.25) is 5.02 Å². The summed E-state index contributed by atoms with van der Waals surface area (Å²) in [4.78, 5) is 16.8. The molecule has 194 valence electrons. The second kappa shape index (κ2) is 11.0. The van der Waals surface area contributed by atoms with Gasteiger partial charge in [0.1, 0.15) is 14.2 Å². The second-order valence-corrected chi connectivity index (χ2v) is 13.7. The third kappa shape index (κ3) is 5.41. The number of hydrogen-bond donors (Lipinski definition) is 0. The topological polar surface area (TPSA) is 63.3 Å². The Bertz CT molecular complexity index is 1770. The van der Waals surface area contributed by atoms with Gasteiger partial charge in [-0.25, -0.2) is 8.42 Å². The summed E-state index contributed by atoms with van der Waals surface area (Å²) in [6.07, 6.45) is 5.18. The highest BCUT2D eigenvalue weighted by atomic mass is 35.5. The van der Waals surface area contributed by atoms with Gasteiger partial charge in [0.05, 0.1) is 22.0 Å². The molecule has 0 aliphatic carbocycles. The van der Waals surface area contributed by atoms with Crippen molar-refractivity contribution in [1.82, 2.24) is 4.57 Å². The Balaban J connectivity index is 0.00000320. The summed E-state index contributed by atoms with van der Waals surface area (Å²) in [5.74, 6) is 0. The van der Waals surface area contributed by atoms with Gasteiger partial charge in [0, 0.05) is 35.3 Å². The predicted molar refractivity (Wildman–Crippen MR) is 149 cm³/mol. The van der Waals surface area contributed by atoms with Crippen LogP contribution in [0.3, 0.4) is 0 Å². The van der Waals surface area contributed by atoms with Gasteiger partial charge in [-0.15, -0.1) is 11.3 Å². The second-order valence-electron chi connectivity index (χ2n) is 8.29. The van der Waals surface area contributed by atoms with Crippen LogP contribution in [-0.2, 0) is 22.9 Å². The van der Waals surface area contributed by atoms with E-state index in [4.69, 9.17) is 11.6 Å². The fraction of sp³-hybridized carbons (Fsp3) is 0.200. The molecule has 0 N–H and O–H groups in total. The minimum atomic E-state index is -3.34. The van der Waals surface area contributed by atoms with Crippen molar-refractivity contribution < 1.29 is 25.4 Å². The van der Waals surface area contributed by atoms with Crippen molar-refractivity contribution in [3.05, 3.63) is 89.2 Å². The number of aromatic nitrogens is 2. The minimum absolute atomic E-state index is 0. The summed E-state index contributed by atoms with van der Waals surface area (Å²) < 4.78 is 29.9. The van der Waals surface area contributed by atoms with E-state index >= 15 is 0 Å². The molecule has 5 rings (SSSR count). The van der Waals surface area contributed by atoms with E-state index in [9.17, 15) is 13.2 Å². The zero-order chi connectivity index (χ0) is 25.6. The predicted octanol–water partition coefficient (Wildman–Crippen LogP) is 0.525. The molecule has 0 saturated carbocycles. The zero-order valence-corrected chi connectivity index (χ0v) is 24.9. The van der Waals surface area contributed by atoms with Gasteiger partial charge in [-0.2, -0.15) is 4.57 Å². The molecule has 4 aromatic rings. The highest BCUT2D eigenvalue weighted by Gasteiger charge is 2.25. The van der Waals surface area contributed by atoms with Crippen LogP contribution < -0.4 is 36.6 Å². The van der Waals surface area contributed by atoms with E-state index in [1.165, 1.54) is 17.6 Å².